The zero-order valence-electron chi connectivity index (χ0n) is 17.8. The fourth-order valence-corrected chi connectivity index (χ4v) is 3.85. The number of anilines is 1. The van der Waals surface area contributed by atoms with Gasteiger partial charge in [-0.3, -0.25) is 19.4 Å². The molecule has 32 heavy (non-hydrogen) atoms. The quantitative estimate of drug-likeness (QED) is 0.618. The molecule has 2 N–H and O–H groups in total. The number of hydrogen-bond donors (Lipinski definition) is 2. The van der Waals surface area contributed by atoms with Crippen molar-refractivity contribution in [2.45, 2.75) is 32.0 Å². The second-order valence-corrected chi connectivity index (χ2v) is 8.53. The van der Waals surface area contributed by atoms with Gasteiger partial charge in [-0.05, 0) is 31.5 Å². The number of carbonyl (C=O) groups excluding carboxylic acids is 3. The molecule has 2 aliphatic heterocycles. The number of imide groups is 1. The van der Waals surface area contributed by atoms with Crippen molar-refractivity contribution in [3.05, 3.63) is 28.8 Å². The second-order valence-electron chi connectivity index (χ2n) is 8.13. The van der Waals surface area contributed by atoms with Crippen molar-refractivity contribution in [3.8, 4) is 0 Å². The second kappa shape index (κ2) is 9.24. The molecule has 8 nitrogen and oxygen atoms in total. The SMILES string of the molecule is CC[C@@]1(C)NC(=O)N(CN2CCN(CC(=O)Nc3ccc(Cl)c(C(F)(F)F)c3)CC2)C1=O. The predicted molar refractivity (Wildman–Crippen MR) is 112 cm³/mol. The third-order valence-corrected chi connectivity index (χ3v) is 6.11. The van der Waals surface area contributed by atoms with Gasteiger partial charge in [0.25, 0.3) is 5.91 Å². The lowest BCUT2D eigenvalue weighted by atomic mass is 10.00. The highest BCUT2D eigenvalue weighted by Crippen LogP contribution is 2.36. The average Bonchev–Trinajstić information content (AvgIpc) is 2.93. The van der Waals surface area contributed by atoms with Crippen LogP contribution in [0.2, 0.25) is 5.02 Å². The van der Waals surface area contributed by atoms with Gasteiger partial charge in [0.15, 0.2) is 0 Å². The van der Waals surface area contributed by atoms with Crippen LogP contribution in [0, 0.1) is 0 Å². The minimum atomic E-state index is -4.61. The Hall–Kier alpha value is -2.37. The number of benzene rings is 1. The summed E-state index contributed by atoms with van der Waals surface area (Å²) in [5, 5.41) is 4.75. The maximum absolute atomic E-state index is 13.0. The normalized spacial score (nSPS) is 22.9. The van der Waals surface area contributed by atoms with E-state index in [1.54, 1.807) is 6.92 Å². The molecular formula is C20H25ClF3N5O3. The molecule has 0 aliphatic carbocycles. The summed E-state index contributed by atoms with van der Waals surface area (Å²) in [4.78, 5) is 41.9. The summed E-state index contributed by atoms with van der Waals surface area (Å²) in [5.41, 5.74) is -1.88. The molecule has 0 aromatic heterocycles. The molecule has 1 atom stereocenters. The fraction of sp³-hybridized carbons (Fsp3) is 0.550. The van der Waals surface area contributed by atoms with E-state index in [1.807, 2.05) is 16.7 Å². The lowest BCUT2D eigenvalue weighted by Gasteiger charge is -2.35. The van der Waals surface area contributed by atoms with Gasteiger partial charge in [0.2, 0.25) is 5.91 Å². The maximum Gasteiger partial charge on any atom is 0.417 e. The highest BCUT2D eigenvalue weighted by molar-refractivity contribution is 6.31. The Balaban J connectivity index is 1.49. The van der Waals surface area contributed by atoms with Crippen LogP contribution in [0.5, 0.6) is 0 Å². The Kier molecular flexibility index (Phi) is 7.01. The molecule has 176 valence electrons. The van der Waals surface area contributed by atoms with Crippen LogP contribution in [0.1, 0.15) is 25.8 Å². The Morgan fingerprint density at radius 1 is 1.19 bits per heavy atom. The van der Waals surface area contributed by atoms with Gasteiger partial charge in [0.1, 0.15) is 5.54 Å². The standard InChI is InChI=1S/C20H25ClF3N5O3/c1-3-19(2)17(31)29(18(32)26-19)12-28-8-6-27(7-9-28)11-16(30)25-13-4-5-15(21)14(10-13)20(22,23)24/h4-5,10H,3,6-9,11-12H2,1-2H3,(H,25,30)(H,26,32)/t19-/m1/s1. The number of piperazine rings is 1. The van der Waals surface area contributed by atoms with Gasteiger partial charge in [0, 0.05) is 31.9 Å². The highest BCUT2D eigenvalue weighted by atomic mass is 35.5. The molecule has 0 radical (unpaired) electrons. The maximum atomic E-state index is 13.0. The number of nitrogens with zero attached hydrogens (tertiary/aromatic N) is 3. The first-order valence-corrected chi connectivity index (χ1v) is 10.6. The minimum absolute atomic E-state index is 0.00878. The first kappa shape index (κ1) is 24.3. The summed E-state index contributed by atoms with van der Waals surface area (Å²) in [5.74, 6) is -0.699. The van der Waals surface area contributed by atoms with E-state index in [0.717, 1.165) is 12.1 Å². The lowest BCUT2D eigenvalue weighted by Crippen LogP contribution is -2.52. The van der Waals surface area contributed by atoms with E-state index in [4.69, 9.17) is 11.6 Å². The highest BCUT2D eigenvalue weighted by Gasteiger charge is 2.47. The molecule has 2 fully saturated rings. The third kappa shape index (κ3) is 5.33. The molecule has 1 aromatic rings. The predicted octanol–water partition coefficient (Wildman–Crippen LogP) is 2.59. The van der Waals surface area contributed by atoms with Gasteiger partial charge >= 0.3 is 12.2 Å². The van der Waals surface area contributed by atoms with Crippen molar-refractivity contribution in [1.29, 1.82) is 0 Å². The van der Waals surface area contributed by atoms with Gasteiger partial charge in [-0.1, -0.05) is 18.5 Å². The van der Waals surface area contributed by atoms with Crippen LogP contribution < -0.4 is 10.6 Å². The molecule has 3 rings (SSSR count). The van der Waals surface area contributed by atoms with Crippen LogP contribution in [0.3, 0.4) is 0 Å². The van der Waals surface area contributed by atoms with Crippen LogP contribution in [0.25, 0.3) is 0 Å². The summed E-state index contributed by atoms with van der Waals surface area (Å²) in [7, 11) is 0. The molecule has 0 saturated carbocycles. The summed E-state index contributed by atoms with van der Waals surface area (Å²) in [6, 6.07) is 2.80. The van der Waals surface area contributed by atoms with Crippen molar-refractivity contribution in [1.82, 2.24) is 20.0 Å². The van der Waals surface area contributed by atoms with Gasteiger partial charge < -0.3 is 10.6 Å². The van der Waals surface area contributed by atoms with E-state index in [1.165, 1.54) is 11.0 Å². The molecule has 0 unspecified atom stereocenters. The number of hydrogen-bond acceptors (Lipinski definition) is 5. The molecular weight excluding hydrogens is 451 g/mol. The first-order valence-electron chi connectivity index (χ1n) is 10.2. The van der Waals surface area contributed by atoms with Crippen molar-refractivity contribution in [2.24, 2.45) is 0 Å². The summed E-state index contributed by atoms with van der Waals surface area (Å²) in [6.45, 7) is 5.80. The number of urea groups is 1. The summed E-state index contributed by atoms with van der Waals surface area (Å²) in [6.07, 6.45) is -4.12. The lowest BCUT2D eigenvalue weighted by molar-refractivity contribution is -0.137. The van der Waals surface area contributed by atoms with Crippen LogP contribution in [-0.2, 0) is 15.8 Å². The number of carbonyl (C=O) groups is 3. The van der Waals surface area contributed by atoms with E-state index in [9.17, 15) is 27.6 Å². The van der Waals surface area contributed by atoms with Gasteiger partial charge in [-0.15, -0.1) is 0 Å². The third-order valence-electron chi connectivity index (χ3n) is 5.78. The molecule has 4 amide bonds. The van der Waals surface area contributed by atoms with E-state index in [0.29, 0.717) is 32.6 Å². The number of amides is 4. The van der Waals surface area contributed by atoms with Crippen LogP contribution in [0.15, 0.2) is 18.2 Å². The van der Waals surface area contributed by atoms with E-state index in [2.05, 4.69) is 10.6 Å². The number of halogens is 4. The molecule has 0 spiro atoms. The van der Waals surface area contributed by atoms with Gasteiger partial charge in [0.05, 0.1) is 23.8 Å². The van der Waals surface area contributed by atoms with E-state index in [-0.39, 0.29) is 24.8 Å². The molecule has 0 bridgehead atoms. The van der Waals surface area contributed by atoms with Crippen LogP contribution in [0.4, 0.5) is 23.7 Å². The number of nitrogens with one attached hydrogen (secondary N) is 2. The van der Waals surface area contributed by atoms with Gasteiger partial charge in [-0.2, -0.15) is 13.2 Å². The Morgan fingerprint density at radius 2 is 1.81 bits per heavy atom. The zero-order chi connectivity index (χ0) is 23.7. The Morgan fingerprint density at radius 3 is 2.38 bits per heavy atom. The van der Waals surface area contributed by atoms with Crippen LogP contribution >= 0.6 is 11.6 Å². The minimum Gasteiger partial charge on any atom is -0.325 e. The molecule has 2 saturated heterocycles. The van der Waals surface area contributed by atoms with E-state index >= 15 is 0 Å². The monoisotopic (exact) mass is 475 g/mol. The largest absolute Gasteiger partial charge is 0.417 e. The molecule has 12 heteroatoms. The van der Waals surface area contributed by atoms with Gasteiger partial charge in [-0.25, -0.2) is 9.69 Å². The van der Waals surface area contributed by atoms with Crippen molar-refractivity contribution in [3.63, 3.8) is 0 Å². The topological polar surface area (TPSA) is 85.0 Å². The Labute approximate surface area is 188 Å². The van der Waals surface area contributed by atoms with Crippen molar-refractivity contribution in [2.75, 3.05) is 44.7 Å². The molecule has 2 heterocycles. The molecule has 1 aromatic carbocycles. The fourth-order valence-electron chi connectivity index (χ4n) is 3.63. The van der Waals surface area contributed by atoms with Crippen molar-refractivity contribution >= 4 is 35.1 Å². The Bertz CT molecular complexity index is 905. The van der Waals surface area contributed by atoms with E-state index < -0.39 is 34.2 Å². The van der Waals surface area contributed by atoms with Crippen LogP contribution in [-0.4, -0.2) is 77.5 Å². The number of alkyl halides is 3. The molecule has 2 aliphatic rings. The first-order chi connectivity index (χ1) is 14.9. The smallest absolute Gasteiger partial charge is 0.325 e. The summed E-state index contributed by atoms with van der Waals surface area (Å²) >= 11 is 5.59. The summed E-state index contributed by atoms with van der Waals surface area (Å²) < 4.78 is 38.9. The zero-order valence-corrected chi connectivity index (χ0v) is 18.5. The van der Waals surface area contributed by atoms with Crippen molar-refractivity contribution < 1.29 is 27.6 Å². The average molecular weight is 476 g/mol. The number of rotatable bonds is 6.